The van der Waals surface area contributed by atoms with E-state index in [-0.39, 0.29) is 0 Å². The Morgan fingerprint density at radius 3 is 2.21 bits per heavy atom. The van der Waals surface area contributed by atoms with Crippen molar-refractivity contribution < 1.29 is 18.8 Å². The summed E-state index contributed by atoms with van der Waals surface area (Å²) in [6, 6.07) is 0. The number of nitrogens with zero attached hydrogens (tertiary/aromatic N) is 4. The number of aromatic nitrogens is 2. The zero-order valence-corrected chi connectivity index (χ0v) is 6.18. The van der Waals surface area contributed by atoms with Crippen LogP contribution < -0.4 is 5.34 Å². The summed E-state index contributed by atoms with van der Waals surface area (Å²) in [6.07, 6.45) is 0. The molecule has 0 aromatic carbocycles. The molecule has 0 radical (unpaired) electrons. The van der Waals surface area contributed by atoms with Crippen molar-refractivity contribution in [2.45, 2.75) is 0 Å². The Morgan fingerprint density at radius 1 is 1.29 bits per heavy atom. The minimum absolute atomic E-state index is 1.23. The van der Waals surface area contributed by atoms with Crippen molar-refractivity contribution in [3.63, 3.8) is 0 Å². The summed E-state index contributed by atoms with van der Waals surface area (Å²) in [4.78, 5) is 17.8. The van der Waals surface area contributed by atoms with Crippen molar-refractivity contribution >= 4 is 17.3 Å². The zero-order valence-electron chi connectivity index (χ0n) is 6.18. The largest absolute Gasteiger partial charge is 0.470 e. The summed E-state index contributed by atoms with van der Waals surface area (Å²) in [7, 11) is 0. The van der Waals surface area contributed by atoms with Crippen molar-refractivity contribution in [2.75, 3.05) is 5.34 Å². The van der Waals surface area contributed by atoms with Gasteiger partial charge < -0.3 is 10.1 Å². The van der Waals surface area contributed by atoms with Crippen LogP contribution in [0.2, 0.25) is 0 Å². The van der Waals surface area contributed by atoms with E-state index in [9.17, 15) is 29.2 Å². The van der Waals surface area contributed by atoms with Crippen molar-refractivity contribution in [2.24, 2.45) is 0 Å². The molecule has 0 spiro atoms. The molecule has 0 aliphatic rings. The van der Waals surface area contributed by atoms with Crippen LogP contribution in [-0.2, 0) is 0 Å². The maximum Gasteiger partial charge on any atom is 0.470 e. The van der Waals surface area contributed by atoms with Crippen LogP contribution in [0.3, 0.4) is 0 Å². The molecule has 0 aliphatic heterocycles. The van der Waals surface area contributed by atoms with Gasteiger partial charge in [-0.15, -0.1) is 0 Å². The van der Waals surface area contributed by atoms with Gasteiger partial charge in [0.05, 0.1) is 10.0 Å². The molecule has 0 saturated heterocycles. The standard InChI is InChI=1S/C3HF2N5O4/c4-8(5)2-1(9(11)12)3(7-6-2)10(13)14/h(H,6,7). The van der Waals surface area contributed by atoms with E-state index in [4.69, 9.17) is 0 Å². The highest BCUT2D eigenvalue weighted by Crippen LogP contribution is 2.34. The molecule has 14 heavy (non-hydrogen) atoms. The minimum Gasteiger partial charge on any atom is -0.358 e. The number of rotatable bonds is 3. The SMILES string of the molecule is O=[N+]([O-])c1n[nH]c(N(F)F)c1[N+](=O)[O-]. The van der Waals surface area contributed by atoms with Gasteiger partial charge in [-0.2, -0.15) is 5.10 Å². The van der Waals surface area contributed by atoms with Crippen LogP contribution >= 0.6 is 0 Å². The summed E-state index contributed by atoms with van der Waals surface area (Å²) < 4.78 is 23.8. The Morgan fingerprint density at radius 2 is 1.86 bits per heavy atom. The first-order chi connectivity index (χ1) is 6.45. The van der Waals surface area contributed by atoms with Crippen LogP contribution in [0.25, 0.3) is 0 Å². The summed E-state index contributed by atoms with van der Waals surface area (Å²) >= 11 is 0. The molecular weight excluding hydrogens is 208 g/mol. The fraction of sp³-hybridized carbons (Fsp3) is 0. The topological polar surface area (TPSA) is 118 Å². The summed E-state index contributed by atoms with van der Waals surface area (Å²) in [5.74, 6) is -2.59. The zero-order chi connectivity index (χ0) is 10.9. The molecule has 0 bridgehead atoms. The van der Waals surface area contributed by atoms with Gasteiger partial charge >= 0.3 is 11.5 Å². The molecular formula is C3HF2N5O4. The van der Waals surface area contributed by atoms with Crippen molar-refractivity contribution in [3.8, 4) is 0 Å². The van der Waals surface area contributed by atoms with Gasteiger partial charge in [-0.1, -0.05) is 8.96 Å². The van der Waals surface area contributed by atoms with Crippen LogP contribution in [0.1, 0.15) is 0 Å². The molecule has 1 heterocycles. The van der Waals surface area contributed by atoms with Crippen molar-refractivity contribution in [1.29, 1.82) is 0 Å². The molecule has 1 rings (SSSR count). The van der Waals surface area contributed by atoms with E-state index in [1.54, 1.807) is 0 Å². The smallest absolute Gasteiger partial charge is 0.358 e. The Balaban J connectivity index is 3.35. The highest BCUT2D eigenvalue weighted by molar-refractivity contribution is 5.64. The number of hydrogen-bond donors (Lipinski definition) is 1. The molecule has 0 amide bonds. The lowest BCUT2D eigenvalue weighted by Crippen LogP contribution is -2.01. The molecule has 0 fully saturated rings. The van der Waals surface area contributed by atoms with Gasteiger partial charge in [0, 0.05) is 0 Å². The van der Waals surface area contributed by atoms with E-state index < -0.39 is 32.5 Å². The van der Waals surface area contributed by atoms with Gasteiger partial charge in [0.25, 0.3) is 5.82 Å². The molecule has 76 valence electrons. The van der Waals surface area contributed by atoms with Crippen molar-refractivity contribution in [1.82, 2.24) is 10.2 Å². The highest BCUT2D eigenvalue weighted by atomic mass is 19.4. The van der Waals surface area contributed by atoms with Gasteiger partial charge in [0.2, 0.25) is 0 Å². The predicted molar refractivity (Wildman–Crippen MR) is 36.6 cm³/mol. The van der Waals surface area contributed by atoms with Crippen LogP contribution in [-0.4, -0.2) is 20.0 Å². The molecule has 9 nitrogen and oxygen atoms in total. The first kappa shape index (κ1) is 9.76. The normalized spacial score (nSPS) is 9.86. The number of aromatic amines is 1. The lowest BCUT2D eigenvalue weighted by Gasteiger charge is -1.93. The molecule has 0 unspecified atom stereocenters. The molecule has 1 N–H and O–H groups in total. The number of anilines is 1. The number of nitrogens with one attached hydrogen (secondary N) is 1. The Hall–Kier alpha value is -2.33. The Bertz CT molecular complexity index is 388. The van der Waals surface area contributed by atoms with Crippen molar-refractivity contribution in [3.05, 3.63) is 20.2 Å². The van der Waals surface area contributed by atoms with E-state index in [0.717, 1.165) is 0 Å². The van der Waals surface area contributed by atoms with Gasteiger partial charge in [-0.25, -0.2) is 0 Å². The van der Waals surface area contributed by atoms with E-state index in [1.165, 1.54) is 5.10 Å². The highest BCUT2D eigenvalue weighted by Gasteiger charge is 2.38. The minimum atomic E-state index is -1.65. The second kappa shape index (κ2) is 3.20. The second-order valence-electron chi connectivity index (χ2n) is 1.99. The number of halogens is 2. The van der Waals surface area contributed by atoms with Crippen LogP contribution in [0, 0.1) is 20.2 Å². The second-order valence-corrected chi connectivity index (χ2v) is 1.99. The van der Waals surface area contributed by atoms with E-state index in [1.807, 2.05) is 0 Å². The maximum atomic E-state index is 11.9. The molecule has 0 atom stereocenters. The summed E-state index contributed by atoms with van der Waals surface area (Å²) in [6.45, 7) is 0. The van der Waals surface area contributed by atoms with Gasteiger partial charge in [0.15, 0.2) is 0 Å². The number of nitro groups is 2. The molecule has 0 aliphatic carbocycles. The predicted octanol–water partition coefficient (Wildman–Crippen LogP) is 0.801. The quantitative estimate of drug-likeness (QED) is 0.446. The maximum absolute atomic E-state index is 11.9. The average molecular weight is 209 g/mol. The first-order valence-electron chi connectivity index (χ1n) is 2.94. The molecule has 1 aromatic heterocycles. The molecule has 11 heteroatoms. The Kier molecular flexibility index (Phi) is 2.23. The fourth-order valence-corrected chi connectivity index (χ4v) is 0.731. The number of hydrogen-bond acceptors (Lipinski definition) is 6. The van der Waals surface area contributed by atoms with E-state index in [2.05, 4.69) is 5.10 Å². The summed E-state index contributed by atoms with van der Waals surface area (Å²) in [5.41, 5.74) is -1.37. The van der Waals surface area contributed by atoms with Gasteiger partial charge in [-0.05, 0) is 10.3 Å². The van der Waals surface area contributed by atoms with Crippen LogP contribution in [0.15, 0.2) is 0 Å². The first-order valence-corrected chi connectivity index (χ1v) is 2.94. The monoisotopic (exact) mass is 209 g/mol. The lowest BCUT2D eigenvalue weighted by molar-refractivity contribution is -0.424. The average Bonchev–Trinajstić information content (AvgIpc) is 2.46. The lowest BCUT2D eigenvalue weighted by atomic mass is 10.5. The third-order valence-corrected chi connectivity index (χ3v) is 1.23. The van der Waals surface area contributed by atoms with Gasteiger partial charge in [0.1, 0.15) is 0 Å². The van der Waals surface area contributed by atoms with E-state index >= 15 is 0 Å². The van der Waals surface area contributed by atoms with Crippen LogP contribution in [0.4, 0.5) is 26.3 Å². The Labute approximate surface area is 73.1 Å². The van der Waals surface area contributed by atoms with E-state index in [0.29, 0.717) is 0 Å². The molecule has 0 saturated carbocycles. The van der Waals surface area contributed by atoms with Crippen LogP contribution in [0.5, 0.6) is 0 Å². The van der Waals surface area contributed by atoms with Gasteiger partial charge in [-0.3, -0.25) is 10.1 Å². The summed E-state index contributed by atoms with van der Waals surface area (Å²) in [5, 5.41) is 22.9. The third kappa shape index (κ3) is 1.41. The molecule has 1 aromatic rings. The third-order valence-electron chi connectivity index (χ3n) is 1.23. The fourth-order valence-electron chi connectivity index (χ4n) is 0.731. The number of H-pyrrole nitrogens is 1.